The Morgan fingerprint density at radius 3 is 2.35 bits per heavy atom. The molecule has 1 amide bonds. The number of benzene rings is 2. The fraction of sp³-hybridized carbons (Fsp3) is 0.130. The molecular formula is C23H21N3O4S. The van der Waals surface area contributed by atoms with Crippen LogP contribution in [-0.2, 0) is 9.84 Å². The van der Waals surface area contributed by atoms with Gasteiger partial charge in [0.2, 0.25) is 0 Å². The van der Waals surface area contributed by atoms with Crippen LogP contribution >= 0.6 is 0 Å². The molecule has 0 aliphatic rings. The highest BCUT2D eigenvalue weighted by Crippen LogP contribution is 2.23. The largest absolute Gasteiger partial charge is 0.463 e. The van der Waals surface area contributed by atoms with Gasteiger partial charge in [-0.15, -0.1) is 0 Å². The third-order valence-electron chi connectivity index (χ3n) is 4.87. The molecule has 1 N–H and O–H groups in total. The van der Waals surface area contributed by atoms with Crippen LogP contribution in [0.25, 0.3) is 17.1 Å². The topological polar surface area (TPSA) is 94.2 Å². The van der Waals surface area contributed by atoms with E-state index in [0.29, 0.717) is 17.1 Å². The summed E-state index contributed by atoms with van der Waals surface area (Å²) < 4.78 is 30.3. The van der Waals surface area contributed by atoms with Crippen molar-refractivity contribution in [2.24, 2.45) is 0 Å². The number of amides is 1. The first-order valence-corrected chi connectivity index (χ1v) is 11.5. The summed E-state index contributed by atoms with van der Waals surface area (Å²) in [6.07, 6.45) is 2.72. The van der Waals surface area contributed by atoms with Crippen LogP contribution in [0, 0.1) is 0 Å². The summed E-state index contributed by atoms with van der Waals surface area (Å²) >= 11 is 0. The molecule has 0 bridgehead atoms. The molecule has 4 rings (SSSR count). The van der Waals surface area contributed by atoms with Crippen LogP contribution in [0.15, 0.2) is 88.4 Å². The van der Waals surface area contributed by atoms with E-state index in [-0.39, 0.29) is 16.8 Å². The number of hydrogen-bond donors (Lipinski definition) is 1. The normalized spacial score (nSPS) is 12.5. The first-order chi connectivity index (χ1) is 14.8. The predicted molar refractivity (Wildman–Crippen MR) is 117 cm³/mol. The van der Waals surface area contributed by atoms with E-state index in [4.69, 9.17) is 4.42 Å². The van der Waals surface area contributed by atoms with Crippen molar-refractivity contribution in [3.8, 4) is 17.1 Å². The van der Waals surface area contributed by atoms with Crippen LogP contribution < -0.4 is 5.32 Å². The van der Waals surface area contributed by atoms with Crippen molar-refractivity contribution < 1.29 is 17.6 Å². The van der Waals surface area contributed by atoms with Crippen molar-refractivity contribution >= 4 is 15.7 Å². The zero-order valence-corrected chi connectivity index (χ0v) is 17.8. The number of rotatable bonds is 6. The molecule has 0 radical (unpaired) electrons. The Labute approximate surface area is 180 Å². The lowest BCUT2D eigenvalue weighted by atomic mass is 10.1. The van der Waals surface area contributed by atoms with E-state index in [1.54, 1.807) is 41.3 Å². The lowest BCUT2D eigenvalue weighted by molar-refractivity contribution is 0.0932. The van der Waals surface area contributed by atoms with E-state index in [1.807, 2.05) is 37.3 Å². The Bertz CT molecular complexity index is 1290. The smallest absolute Gasteiger partial charge is 0.270 e. The number of furan rings is 1. The molecule has 8 heteroatoms. The van der Waals surface area contributed by atoms with Crippen LogP contribution in [0.3, 0.4) is 0 Å². The zero-order valence-electron chi connectivity index (χ0n) is 17.0. The Kier molecular flexibility index (Phi) is 5.48. The van der Waals surface area contributed by atoms with E-state index in [9.17, 15) is 13.2 Å². The van der Waals surface area contributed by atoms with E-state index in [1.165, 1.54) is 12.1 Å². The van der Waals surface area contributed by atoms with Gasteiger partial charge in [0.25, 0.3) is 5.91 Å². The van der Waals surface area contributed by atoms with Crippen molar-refractivity contribution in [2.75, 3.05) is 6.26 Å². The second-order valence-corrected chi connectivity index (χ2v) is 9.19. The van der Waals surface area contributed by atoms with Gasteiger partial charge in [0.1, 0.15) is 11.4 Å². The monoisotopic (exact) mass is 435 g/mol. The standard InChI is InChI=1S/C23H21N3O4S/c1-16(17-10-12-19(13-11-17)31(2,28)29)24-23(27)21-15-20(22-9-6-14-30-22)25-26(21)18-7-4-3-5-8-18/h3-16H,1-2H3,(H,24,27). The maximum Gasteiger partial charge on any atom is 0.270 e. The quantitative estimate of drug-likeness (QED) is 0.494. The van der Waals surface area contributed by atoms with Crippen molar-refractivity contribution in [1.29, 1.82) is 0 Å². The van der Waals surface area contributed by atoms with E-state index in [0.717, 1.165) is 17.5 Å². The number of nitrogens with zero attached hydrogens (tertiary/aromatic N) is 2. The van der Waals surface area contributed by atoms with E-state index >= 15 is 0 Å². The lowest BCUT2D eigenvalue weighted by Gasteiger charge is -2.15. The summed E-state index contributed by atoms with van der Waals surface area (Å²) in [5.74, 6) is 0.252. The minimum absolute atomic E-state index is 0.236. The van der Waals surface area contributed by atoms with Crippen LogP contribution in [0.4, 0.5) is 0 Å². The number of sulfone groups is 1. The highest BCUT2D eigenvalue weighted by molar-refractivity contribution is 7.90. The van der Waals surface area contributed by atoms with Crippen molar-refractivity contribution in [3.05, 3.63) is 90.3 Å². The van der Waals surface area contributed by atoms with Gasteiger partial charge in [-0.1, -0.05) is 30.3 Å². The molecule has 1 atom stereocenters. The van der Waals surface area contributed by atoms with Gasteiger partial charge in [0, 0.05) is 12.3 Å². The maximum atomic E-state index is 13.1. The Morgan fingerprint density at radius 2 is 1.74 bits per heavy atom. The van der Waals surface area contributed by atoms with E-state index in [2.05, 4.69) is 10.4 Å². The molecule has 0 saturated heterocycles. The zero-order chi connectivity index (χ0) is 22.0. The van der Waals surface area contributed by atoms with Crippen LogP contribution in [0.1, 0.15) is 29.0 Å². The SMILES string of the molecule is CC(NC(=O)c1cc(-c2ccco2)nn1-c1ccccc1)c1ccc(S(C)(=O)=O)cc1. The Hall–Kier alpha value is -3.65. The van der Waals surface area contributed by atoms with Crippen molar-refractivity contribution in [2.45, 2.75) is 17.9 Å². The highest BCUT2D eigenvalue weighted by atomic mass is 32.2. The average molecular weight is 436 g/mol. The third kappa shape index (κ3) is 4.44. The summed E-state index contributed by atoms with van der Waals surface area (Å²) in [5.41, 5.74) is 2.44. The Morgan fingerprint density at radius 1 is 1.03 bits per heavy atom. The lowest BCUT2D eigenvalue weighted by Crippen LogP contribution is -2.28. The first-order valence-electron chi connectivity index (χ1n) is 9.63. The van der Waals surface area contributed by atoms with Gasteiger partial charge in [0.05, 0.1) is 22.9 Å². The number of nitrogens with one attached hydrogen (secondary N) is 1. The fourth-order valence-electron chi connectivity index (χ4n) is 3.21. The molecular weight excluding hydrogens is 414 g/mol. The van der Waals surface area contributed by atoms with E-state index < -0.39 is 9.84 Å². The fourth-order valence-corrected chi connectivity index (χ4v) is 3.84. The maximum absolute atomic E-state index is 13.1. The second-order valence-electron chi connectivity index (χ2n) is 7.18. The summed E-state index contributed by atoms with van der Waals surface area (Å²) in [7, 11) is -3.27. The van der Waals surface area contributed by atoms with Gasteiger partial charge in [-0.05, 0) is 48.9 Å². The predicted octanol–water partition coefficient (Wildman–Crippen LogP) is 4.03. The van der Waals surface area contributed by atoms with Gasteiger partial charge in [-0.3, -0.25) is 4.79 Å². The summed E-state index contributed by atoms with van der Waals surface area (Å²) in [4.78, 5) is 13.4. The van der Waals surface area contributed by atoms with Crippen LogP contribution in [0.2, 0.25) is 0 Å². The summed E-state index contributed by atoms with van der Waals surface area (Å²) in [6.45, 7) is 1.84. The van der Waals surface area contributed by atoms with Crippen molar-refractivity contribution in [1.82, 2.24) is 15.1 Å². The molecule has 0 spiro atoms. The second kappa shape index (κ2) is 8.23. The molecule has 7 nitrogen and oxygen atoms in total. The van der Waals surface area contributed by atoms with Crippen molar-refractivity contribution in [3.63, 3.8) is 0 Å². The van der Waals surface area contributed by atoms with Crippen LogP contribution in [-0.4, -0.2) is 30.4 Å². The number of aromatic nitrogens is 2. The highest BCUT2D eigenvalue weighted by Gasteiger charge is 2.21. The average Bonchev–Trinajstić information content (AvgIpc) is 3.44. The molecule has 2 heterocycles. The molecule has 158 valence electrons. The Balaban J connectivity index is 1.63. The third-order valence-corrected chi connectivity index (χ3v) is 6.00. The molecule has 4 aromatic rings. The molecule has 2 aromatic heterocycles. The molecule has 0 aliphatic heterocycles. The first kappa shape index (κ1) is 20.6. The number of hydrogen-bond acceptors (Lipinski definition) is 5. The van der Waals surface area contributed by atoms with Gasteiger partial charge >= 0.3 is 0 Å². The van der Waals surface area contributed by atoms with Crippen LogP contribution in [0.5, 0.6) is 0 Å². The van der Waals surface area contributed by atoms with Gasteiger partial charge in [-0.25, -0.2) is 13.1 Å². The molecule has 1 unspecified atom stereocenters. The molecule has 0 aliphatic carbocycles. The molecule has 0 fully saturated rings. The number of para-hydroxylation sites is 1. The van der Waals surface area contributed by atoms with Gasteiger partial charge < -0.3 is 9.73 Å². The number of carbonyl (C=O) groups is 1. The molecule has 31 heavy (non-hydrogen) atoms. The number of carbonyl (C=O) groups excluding carboxylic acids is 1. The molecule has 0 saturated carbocycles. The van der Waals surface area contributed by atoms with Gasteiger partial charge in [-0.2, -0.15) is 5.10 Å². The summed E-state index contributed by atoms with van der Waals surface area (Å²) in [6, 6.07) is 20.7. The minimum atomic E-state index is -3.27. The summed E-state index contributed by atoms with van der Waals surface area (Å²) in [5, 5.41) is 7.52. The minimum Gasteiger partial charge on any atom is -0.463 e. The van der Waals surface area contributed by atoms with Gasteiger partial charge in [0.15, 0.2) is 15.6 Å². The molecule has 2 aromatic carbocycles.